The second-order valence-electron chi connectivity index (χ2n) is 4.22. The molecule has 114 valence electrons. The maximum atomic E-state index is 11.4. The van der Waals surface area contributed by atoms with E-state index in [4.69, 9.17) is 9.47 Å². The van der Waals surface area contributed by atoms with Crippen LogP contribution in [0.5, 0.6) is 0 Å². The van der Waals surface area contributed by atoms with Gasteiger partial charge in [-0.2, -0.15) is 0 Å². The molecule has 7 heteroatoms. The highest BCUT2D eigenvalue weighted by atomic mass is 16.6. The lowest BCUT2D eigenvalue weighted by atomic mass is 10.1. The van der Waals surface area contributed by atoms with E-state index in [-0.39, 0.29) is 25.1 Å². The topological polar surface area (TPSA) is 95.7 Å². The first-order valence-corrected chi connectivity index (χ1v) is 6.57. The Kier molecular flexibility index (Phi) is 6.32. The van der Waals surface area contributed by atoms with E-state index in [9.17, 15) is 19.7 Å². The highest BCUT2D eigenvalue weighted by Crippen LogP contribution is 2.22. The Bertz CT molecular complexity index is 511. The summed E-state index contributed by atoms with van der Waals surface area (Å²) in [7, 11) is 0. The van der Waals surface area contributed by atoms with Gasteiger partial charge in [-0.05, 0) is 17.7 Å². The number of nitro benzene ring substituents is 1. The molecule has 1 aromatic rings. The highest BCUT2D eigenvalue weighted by molar-refractivity contribution is 5.70. The first kappa shape index (κ1) is 16.6. The van der Waals surface area contributed by atoms with Gasteiger partial charge in [-0.3, -0.25) is 19.7 Å². The van der Waals surface area contributed by atoms with E-state index in [1.54, 1.807) is 13.8 Å². The molecule has 0 fully saturated rings. The first-order chi connectivity index (χ1) is 9.97. The van der Waals surface area contributed by atoms with Gasteiger partial charge in [0.2, 0.25) is 0 Å². The minimum absolute atomic E-state index is 0.0649. The molecule has 0 radical (unpaired) electrons. The van der Waals surface area contributed by atoms with Gasteiger partial charge < -0.3 is 9.47 Å². The predicted octanol–water partition coefficient (Wildman–Crippen LogP) is 2.54. The van der Waals surface area contributed by atoms with Gasteiger partial charge in [0, 0.05) is 25.0 Å². The van der Waals surface area contributed by atoms with Gasteiger partial charge in [0.05, 0.1) is 4.92 Å². The van der Waals surface area contributed by atoms with Crippen molar-refractivity contribution in [2.45, 2.75) is 32.8 Å². The Morgan fingerprint density at radius 2 is 1.71 bits per heavy atom. The third-order valence-corrected chi connectivity index (χ3v) is 2.72. The van der Waals surface area contributed by atoms with Crippen LogP contribution in [-0.4, -0.2) is 23.5 Å². The minimum Gasteiger partial charge on any atom is -0.461 e. The average molecular weight is 295 g/mol. The number of hydrogen-bond donors (Lipinski definition) is 0. The fraction of sp³-hybridized carbons (Fsp3) is 0.429. The van der Waals surface area contributed by atoms with Crippen molar-refractivity contribution in [2.75, 3.05) is 6.61 Å². The lowest BCUT2D eigenvalue weighted by molar-refractivity contribution is -0.384. The highest BCUT2D eigenvalue weighted by Gasteiger charge is 2.19. The van der Waals surface area contributed by atoms with Crippen LogP contribution in [0.25, 0.3) is 0 Å². The number of nitrogens with zero attached hydrogens (tertiary/aromatic N) is 1. The molecule has 0 aliphatic rings. The van der Waals surface area contributed by atoms with Crippen molar-refractivity contribution in [1.82, 2.24) is 0 Å². The molecule has 21 heavy (non-hydrogen) atoms. The lowest BCUT2D eigenvalue weighted by Gasteiger charge is -2.17. The van der Waals surface area contributed by atoms with Crippen LogP contribution in [0.15, 0.2) is 24.3 Å². The second kappa shape index (κ2) is 7.98. The summed E-state index contributed by atoms with van der Waals surface area (Å²) >= 11 is 0. The Hall–Kier alpha value is -2.44. The van der Waals surface area contributed by atoms with Gasteiger partial charge in [0.1, 0.15) is 6.61 Å². The molecule has 0 aliphatic carbocycles. The first-order valence-electron chi connectivity index (χ1n) is 6.57. The summed E-state index contributed by atoms with van der Waals surface area (Å²) in [4.78, 5) is 32.7. The summed E-state index contributed by atoms with van der Waals surface area (Å²) in [5.74, 6) is -0.847. The smallest absolute Gasteiger partial charge is 0.306 e. The molecule has 0 saturated heterocycles. The summed E-state index contributed by atoms with van der Waals surface area (Å²) in [5.41, 5.74) is 0.469. The normalized spacial score (nSPS) is 11.5. The van der Waals surface area contributed by atoms with Gasteiger partial charge in [-0.15, -0.1) is 0 Å². The zero-order chi connectivity index (χ0) is 15.8. The number of nitro groups is 1. The zero-order valence-corrected chi connectivity index (χ0v) is 11.9. The minimum atomic E-state index is -0.770. The maximum Gasteiger partial charge on any atom is 0.306 e. The van der Waals surface area contributed by atoms with Crippen LogP contribution in [0.2, 0.25) is 0 Å². The Morgan fingerprint density at radius 1 is 1.14 bits per heavy atom. The number of esters is 2. The third kappa shape index (κ3) is 5.21. The molecule has 1 aromatic carbocycles. The summed E-state index contributed by atoms with van der Waals surface area (Å²) in [6.45, 7) is 3.19. The van der Waals surface area contributed by atoms with Gasteiger partial charge in [-0.25, -0.2) is 0 Å². The van der Waals surface area contributed by atoms with Crippen molar-refractivity contribution in [3.63, 3.8) is 0 Å². The lowest BCUT2D eigenvalue weighted by Crippen LogP contribution is -2.18. The summed E-state index contributed by atoms with van der Waals surface area (Å²) in [6, 6.07) is 5.57. The van der Waals surface area contributed by atoms with Crippen LogP contribution in [-0.2, 0) is 19.1 Å². The number of carbonyl (C=O) groups excluding carboxylic acids is 2. The van der Waals surface area contributed by atoms with Crippen LogP contribution in [0.1, 0.15) is 38.4 Å². The number of non-ortho nitro benzene ring substituents is 1. The SMILES string of the molecule is CCC(=O)OC[C@@H](OC(=O)CC)c1ccc([N+](=O)[O-])cc1. The van der Waals surface area contributed by atoms with Gasteiger partial charge in [-0.1, -0.05) is 13.8 Å². The van der Waals surface area contributed by atoms with Crippen LogP contribution >= 0.6 is 0 Å². The fourth-order valence-electron chi connectivity index (χ4n) is 1.52. The maximum absolute atomic E-state index is 11.4. The molecular formula is C14H17NO6. The van der Waals surface area contributed by atoms with Gasteiger partial charge in [0.15, 0.2) is 6.10 Å². The molecule has 0 spiro atoms. The monoisotopic (exact) mass is 295 g/mol. The number of carbonyl (C=O) groups is 2. The second-order valence-corrected chi connectivity index (χ2v) is 4.22. The largest absolute Gasteiger partial charge is 0.461 e. The number of benzene rings is 1. The van der Waals surface area contributed by atoms with Gasteiger partial charge in [0.25, 0.3) is 5.69 Å². The zero-order valence-electron chi connectivity index (χ0n) is 11.9. The molecule has 0 amide bonds. The molecule has 1 rings (SSSR count). The Morgan fingerprint density at radius 3 is 2.19 bits per heavy atom. The molecule has 7 nitrogen and oxygen atoms in total. The molecule has 0 N–H and O–H groups in total. The number of ether oxygens (including phenoxy) is 2. The van der Waals surface area contributed by atoms with Crippen molar-refractivity contribution in [1.29, 1.82) is 0 Å². The van der Waals surface area contributed by atoms with Crippen molar-refractivity contribution in [3.8, 4) is 0 Å². The van der Waals surface area contributed by atoms with Crippen LogP contribution in [0.4, 0.5) is 5.69 Å². The van der Waals surface area contributed by atoms with E-state index in [2.05, 4.69) is 0 Å². The molecule has 0 aromatic heterocycles. The van der Waals surface area contributed by atoms with Gasteiger partial charge >= 0.3 is 11.9 Å². The van der Waals surface area contributed by atoms with E-state index in [1.165, 1.54) is 24.3 Å². The molecule has 0 unspecified atom stereocenters. The number of hydrogen-bond acceptors (Lipinski definition) is 6. The molecule has 0 heterocycles. The summed E-state index contributed by atoms with van der Waals surface area (Å²) in [6.07, 6.45) is -0.367. The Balaban J connectivity index is 2.85. The predicted molar refractivity (Wildman–Crippen MR) is 73.5 cm³/mol. The molecule has 0 aliphatic heterocycles. The van der Waals surface area contributed by atoms with Crippen molar-refractivity contribution in [3.05, 3.63) is 39.9 Å². The average Bonchev–Trinajstić information content (AvgIpc) is 2.50. The van der Waals surface area contributed by atoms with Crippen molar-refractivity contribution >= 4 is 17.6 Å². The standard InChI is InChI=1S/C14H17NO6/c1-3-13(16)20-9-12(21-14(17)4-2)10-5-7-11(8-6-10)15(18)19/h5-8,12H,3-4,9H2,1-2H3/t12-/m1/s1. The molecule has 0 bridgehead atoms. The van der Waals surface area contributed by atoms with Crippen LogP contribution < -0.4 is 0 Å². The van der Waals surface area contributed by atoms with E-state index in [0.717, 1.165) is 0 Å². The molecular weight excluding hydrogens is 278 g/mol. The van der Waals surface area contributed by atoms with Crippen molar-refractivity contribution < 1.29 is 24.0 Å². The Labute approximate surface area is 122 Å². The van der Waals surface area contributed by atoms with Crippen molar-refractivity contribution in [2.24, 2.45) is 0 Å². The quantitative estimate of drug-likeness (QED) is 0.435. The van der Waals surface area contributed by atoms with Crippen LogP contribution in [0.3, 0.4) is 0 Å². The van der Waals surface area contributed by atoms with E-state index < -0.39 is 23.0 Å². The van der Waals surface area contributed by atoms with E-state index in [0.29, 0.717) is 5.56 Å². The summed E-state index contributed by atoms with van der Waals surface area (Å²) < 4.78 is 10.2. The van der Waals surface area contributed by atoms with E-state index in [1.807, 2.05) is 0 Å². The fourth-order valence-corrected chi connectivity index (χ4v) is 1.52. The van der Waals surface area contributed by atoms with E-state index >= 15 is 0 Å². The number of rotatable bonds is 7. The summed E-state index contributed by atoms with van der Waals surface area (Å²) in [5, 5.41) is 10.6. The third-order valence-electron chi connectivity index (χ3n) is 2.72. The molecule has 1 atom stereocenters. The molecule has 0 saturated carbocycles. The van der Waals surface area contributed by atoms with Crippen LogP contribution in [0, 0.1) is 10.1 Å².